The third kappa shape index (κ3) is 3.57. The van der Waals surface area contributed by atoms with Gasteiger partial charge < -0.3 is 14.6 Å². The van der Waals surface area contributed by atoms with Gasteiger partial charge in [0.15, 0.2) is 0 Å². The van der Waals surface area contributed by atoms with Gasteiger partial charge in [-0.15, -0.1) is 0 Å². The molecule has 1 aliphatic carbocycles. The Hall–Kier alpha value is -3.24. The lowest BCUT2D eigenvalue weighted by atomic mass is 9.71. The average Bonchev–Trinajstić information content (AvgIpc) is 3.32. The Bertz CT molecular complexity index is 1130. The van der Waals surface area contributed by atoms with Crippen LogP contribution in [-0.4, -0.2) is 70.0 Å². The predicted octanol–water partition coefficient (Wildman–Crippen LogP) is 2.51. The number of aromatic nitrogens is 2. The fraction of sp³-hybridized carbons (Fsp3) is 0.478. The van der Waals surface area contributed by atoms with Gasteiger partial charge in [0.25, 0.3) is 5.91 Å². The van der Waals surface area contributed by atoms with Crippen LogP contribution in [-0.2, 0) is 16.1 Å². The second-order valence-corrected chi connectivity index (χ2v) is 9.58. The average molecular weight is 478 g/mol. The topological polar surface area (TPSA) is 75.5 Å². The van der Waals surface area contributed by atoms with E-state index in [0.717, 1.165) is 11.8 Å². The highest BCUT2D eigenvalue weighted by Crippen LogP contribution is 2.60. The van der Waals surface area contributed by atoms with Crippen LogP contribution in [0.2, 0.25) is 0 Å². The second kappa shape index (κ2) is 7.64. The van der Waals surface area contributed by atoms with E-state index in [9.17, 15) is 31.9 Å². The predicted molar refractivity (Wildman–Crippen MR) is 110 cm³/mol. The molecule has 1 unspecified atom stereocenters. The fourth-order valence-electron chi connectivity index (χ4n) is 5.09. The van der Waals surface area contributed by atoms with Gasteiger partial charge in [0, 0.05) is 43.7 Å². The lowest BCUT2D eigenvalue weighted by Crippen LogP contribution is -2.64. The maximum Gasteiger partial charge on any atom is 0.403 e. The summed E-state index contributed by atoms with van der Waals surface area (Å²) in [5.74, 6) is -2.18. The zero-order chi connectivity index (χ0) is 24.3. The molecule has 3 fully saturated rings. The Kier molecular flexibility index (Phi) is 5.07. The van der Waals surface area contributed by atoms with Gasteiger partial charge in [-0.3, -0.25) is 14.3 Å². The Morgan fingerprint density at radius 3 is 2.32 bits per heavy atom. The molecule has 5 rings (SSSR count). The molecular formula is C23H22F4N4O3. The highest BCUT2D eigenvalue weighted by atomic mass is 19.4. The molecule has 0 N–H and O–H groups in total. The number of hydrogen-bond acceptors (Lipinski definition) is 4. The van der Waals surface area contributed by atoms with Crippen molar-refractivity contribution in [2.45, 2.75) is 25.6 Å². The summed E-state index contributed by atoms with van der Waals surface area (Å²) in [5.41, 5.74) is -1.89. The lowest BCUT2D eigenvalue weighted by Gasteiger charge is -2.50. The number of likely N-dealkylation sites (tertiary alicyclic amines) is 2. The first-order valence-corrected chi connectivity index (χ1v) is 10.9. The minimum atomic E-state index is -4.58. The molecule has 34 heavy (non-hydrogen) atoms. The van der Waals surface area contributed by atoms with E-state index in [1.807, 2.05) is 0 Å². The van der Waals surface area contributed by atoms with Crippen LogP contribution in [0.4, 0.5) is 17.6 Å². The van der Waals surface area contributed by atoms with Crippen LogP contribution in [0.25, 0.3) is 0 Å². The molecule has 2 saturated heterocycles. The number of rotatable bonds is 5. The number of hydrogen-bond donors (Lipinski definition) is 0. The summed E-state index contributed by atoms with van der Waals surface area (Å²) >= 11 is 0. The summed E-state index contributed by atoms with van der Waals surface area (Å²) in [6, 6.07) is 5.90. The summed E-state index contributed by atoms with van der Waals surface area (Å²) in [6.07, 6.45) is -1.30. The molecule has 2 amide bonds. The highest BCUT2D eigenvalue weighted by molar-refractivity contribution is 5.94. The maximum absolute atomic E-state index is 13.3. The number of amides is 2. The van der Waals surface area contributed by atoms with Crippen LogP contribution in [0.3, 0.4) is 0 Å². The quantitative estimate of drug-likeness (QED) is 0.489. The van der Waals surface area contributed by atoms with Crippen LogP contribution >= 0.6 is 0 Å². The molecule has 2 aromatic rings. The normalized spacial score (nSPS) is 22.5. The van der Waals surface area contributed by atoms with Gasteiger partial charge in [-0.1, -0.05) is 12.1 Å². The van der Waals surface area contributed by atoms with E-state index >= 15 is 0 Å². The summed E-state index contributed by atoms with van der Waals surface area (Å²) < 4.78 is 54.6. The second-order valence-electron chi connectivity index (χ2n) is 9.58. The molecule has 0 radical (unpaired) electrons. The van der Waals surface area contributed by atoms with Crippen molar-refractivity contribution in [3.63, 3.8) is 0 Å². The van der Waals surface area contributed by atoms with Crippen molar-refractivity contribution in [1.82, 2.24) is 19.6 Å². The molecule has 3 heterocycles. The first kappa shape index (κ1) is 22.5. The Balaban J connectivity index is 1.24. The molecule has 1 saturated carbocycles. The van der Waals surface area contributed by atoms with E-state index < -0.39 is 28.8 Å². The van der Waals surface area contributed by atoms with Crippen molar-refractivity contribution >= 4 is 18.1 Å². The third-order valence-corrected chi connectivity index (χ3v) is 7.30. The molecule has 1 spiro atoms. The van der Waals surface area contributed by atoms with Crippen molar-refractivity contribution in [3.05, 3.63) is 53.6 Å². The molecule has 7 nitrogen and oxygen atoms in total. The molecular weight excluding hydrogens is 456 g/mol. The molecule has 180 valence electrons. The van der Waals surface area contributed by atoms with Gasteiger partial charge in [-0.05, 0) is 30.5 Å². The van der Waals surface area contributed by atoms with E-state index in [0.29, 0.717) is 12.1 Å². The van der Waals surface area contributed by atoms with Gasteiger partial charge in [-0.2, -0.15) is 18.3 Å². The molecule has 1 aromatic heterocycles. The minimum absolute atomic E-state index is 0.0285. The van der Waals surface area contributed by atoms with E-state index in [4.69, 9.17) is 0 Å². The van der Waals surface area contributed by atoms with Gasteiger partial charge in [0.1, 0.15) is 17.5 Å². The fourth-order valence-corrected chi connectivity index (χ4v) is 5.09. The minimum Gasteiger partial charge on any atom is -0.340 e. The van der Waals surface area contributed by atoms with Crippen LogP contribution in [0.5, 0.6) is 0 Å². The number of aldehydes is 1. The van der Waals surface area contributed by atoms with Crippen molar-refractivity contribution < 1.29 is 31.9 Å². The molecule has 3 aliphatic rings. The largest absolute Gasteiger partial charge is 0.403 e. The number of carbonyl (C=O) groups is 3. The SMILES string of the molecule is O=CC1CN(C(=O)c2cnn(Cc3ccc(F)cc3)c2)CC12CN(C(=O)C1(C(F)(F)F)CC1)C2. The van der Waals surface area contributed by atoms with Crippen molar-refractivity contribution in [3.8, 4) is 0 Å². The van der Waals surface area contributed by atoms with Crippen LogP contribution in [0, 0.1) is 22.6 Å². The smallest absolute Gasteiger partial charge is 0.340 e. The summed E-state index contributed by atoms with van der Waals surface area (Å²) in [6.45, 7) is 0.715. The highest BCUT2D eigenvalue weighted by Gasteiger charge is 2.71. The Labute approximate surface area is 192 Å². The molecule has 1 aromatic carbocycles. The summed E-state index contributed by atoms with van der Waals surface area (Å²) in [5, 5.41) is 4.17. The van der Waals surface area contributed by atoms with Crippen LogP contribution in [0.1, 0.15) is 28.8 Å². The zero-order valence-corrected chi connectivity index (χ0v) is 18.1. The number of halogens is 4. The molecule has 2 aliphatic heterocycles. The van der Waals surface area contributed by atoms with E-state index in [1.54, 1.807) is 23.0 Å². The molecule has 0 bridgehead atoms. The van der Waals surface area contributed by atoms with Crippen LogP contribution < -0.4 is 0 Å². The zero-order valence-electron chi connectivity index (χ0n) is 18.1. The Morgan fingerprint density at radius 1 is 1.09 bits per heavy atom. The van der Waals surface area contributed by atoms with Crippen molar-refractivity contribution in [2.24, 2.45) is 16.7 Å². The number of nitrogens with zero attached hydrogens (tertiary/aromatic N) is 4. The van der Waals surface area contributed by atoms with Gasteiger partial charge in [0.05, 0.1) is 18.3 Å². The van der Waals surface area contributed by atoms with Crippen molar-refractivity contribution in [2.75, 3.05) is 26.2 Å². The van der Waals surface area contributed by atoms with Gasteiger partial charge in [-0.25, -0.2) is 4.39 Å². The first-order chi connectivity index (χ1) is 16.1. The monoisotopic (exact) mass is 478 g/mol. The van der Waals surface area contributed by atoms with Gasteiger partial charge >= 0.3 is 6.18 Å². The number of benzene rings is 1. The number of carbonyl (C=O) groups excluding carboxylic acids is 3. The van der Waals surface area contributed by atoms with E-state index in [1.165, 1.54) is 28.1 Å². The van der Waals surface area contributed by atoms with Crippen LogP contribution in [0.15, 0.2) is 36.7 Å². The third-order valence-electron chi connectivity index (χ3n) is 7.30. The molecule has 1 atom stereocenters. The van der Waals surface area contributed by atoms with E-state index in [-0.39, 0.29) is 50.7 Å². The molecule has 11 heteroatoms. The Morgan fingerprint density at radius 2 is 1.74 bits per heavy atom. The number of alkyl halides is 3. The summed E-state index contributed by atoms with van der Waals surface area (Å²) in [7, 11) is 0. The van der Waals surface area contributed by atoms with Gasteiger partial charge in [0.2, 0.25) is 5.91 Å². The van der Waals surface area contributed by atoms with E-state index in [2.05, 4.69) is 5.10 Å². The maximum atomic E-state index is 13.3. The first-order valence-electron chi connectivity index (χ1n) is 10.9. The lowest BCUT2D eigenvalue weighted by molar-refractivity contribution is -0.205. The standard InChI is InChI=1S/C23H22F4N4O3/c24-18-3-1-15(2-4-18)8-31-9-16(7-28-31)19(33)29-10-17(11-32)21(12-29)13-30(14-21)20(34)22(5-6-22)23(25,26)27/h1-4,7,9,11,17H,5-6,8,10,12-14H2. The van der Waals surface area contributed by atoms with Crippen molar-refractivity contribution in [1.29, 1.82) is 0 Å². The summed E-state index contributed by atoms with van der Waals surface area (Å²) in [4.78, 5) is 39.9.